The highest BCUT2D eigenvalue weighted by Crippen LogP contribution is 2.38. The molecule has 0 spiro atoms. The molecule has 0 radical (unpaired) electrons. The van der Waals surface area contributed by atoms with Crippen molar-refractivity contribution in [1.29, 1.82) is 0 Å². The first kappa shape index (κ1) is 25.7. The van der Waals surface area contributed by atoms with E-state index in [1.807, 2.05) is 50.8 Å². The van der Waals surface area contributed by atoms with Gasteiger partial charge in [-0.25, -0.2) is 0 Å². The molecule has 2 aliphatic rings. The van der Waals surface area contributed by atoms with Crippen LogP contribution in [-0.4, -0.2) is 60.1 Å². The van der Waals surface area contributed by atoms with E-state index in [9.17, 15) is 9.59 Å². The third-order valence-corrected chi connectivity index (χ3v) is 7.19. The average Bonchev–Trinajstić information content (AvgIpc) is 3.01. The number of benzene rings is 1. The van der Waals surface area contributed by atoms with Gasteiger partial charge in [0.2, 0.25) is 11.8 Å². The van der Waals surface area contributed by atoms with Crippen LogP contribution in [0.3, 0.4) is 0 Å². The van der Waals surface area contributed by atoms with E-state index in [4.69, 9.17) is 15.0 Å². The van der Waals surface area contributed by atoms with Crippen molar-refractivity contribution in [2.24, 2.45) is 5.73 Å². The summed E-state index contributed by atoms with van der Waals surface area (Å²) in [6, 6.07) is 9.37. The number of amides is 2. The number of nitrogens with one attached hydrogen (secondary N) is 1. The molecule has 7 nitrogen and oxygen atoms in total. The highest BCUT2D eigenvalue weighted by Gasteiger charge is 2.54. The Balaban J connectivity index is 1.61. The van der Waals surface area contributed by atoms with E-state index in [0.717, 1.165) is 45.2 Å². The third kappa shape index (κ3) is 6.81. The van der Waals surface area contributed by atoms with Gasteiger partial charge in [-0.2, -0.15) is 0 Å². The average molecular weight is 457 g/mol. The van der Waals surface area contributed by atoms with Gasteiger partial charge in [-0.3, -0.25) is 9.59 Å². The van der Waals surface area contributed by atoms with Crippen LogP contribution < -0.4 is 11.1 Å². The van der Waals surface area contributed by atoms with E-state index in [0.29, 0.717) is 6.42 Å². The Morgan fingerprint density at radius 3 is 2.27 bits per heavy atom. The van der Waals surface area contributed by atoms with E-state index < -0.39 is 24.4 Å². The first-order chi connectivity index (χ1) is 15.6. The molecule has 0 aromatic heterocycles. The van der Waals surface area contributed by atoms with Gasteiger partial charge in [-0.1, -0.05) is 30.3 Å². The maximum absolute atomic E-state index is 13.0. The number of carbonyl (C=O) groups is 2. The number of hydrogen-bond acceptors (Lipinski definition) is 5. The summed E-state index contributed by atoms with van der Waals surface area (Å²) in [6.45, 7) is 9.50. The van der Waals surface area contributed by atoms with Gasteiger partial charge in [0.1, 0.15) is 0 Å². The fraction of sp³-hybridized carbons (Fsp3) is 0.680. The van der Waals surface area contributed by atoms with Crippen LogP contribution >= 0.6 is 0 Å². The van der Waals surface area contributed by atoms with Crippen LogP contribution in [0.25, 0.3) is 0 Å². The first-order valence-corrected chi connectivity index (χ1v) is 12.3. The van der Waals surface area contributed by atoms with Crippen LogP contribution in [0.2, 0.25) is 0 Å². The summed E-state index contributed by atoms with van der Waals surface area (Å²) in [7, 11) is -0.570. The second-order valence-electron chi connectivity index (χ2n) is 10.4. The molecule has 2 amide bonds. The summed E-state index contributed by atoms with van der Waals surface area (Å²) < 4.78 is 12.5. The van der Waals surface area contributed by atoms with Gasteiger partial charge in [0.15, 0.2) is 0 Å². The van der Waals surface area contributed by atoms with Gasteiger partial charge >= 0.3 is 7.12 Å². The molecule has 2 aliphatic heterocycles. The maximum Gasteiger partial charge on any atom is 0.481 e. The van der Waals surface area contributed by atoms with Crippen LogP contribution in [0.1, 0.15) is 71.8 Å². The van der Waals surface area contributed by atoms with Gasteiger partial charge < -0.3 is 25.3 Å². The molecular formula is C25H40BN3O4. The molecule has 2 fully saturated rings. The number of likely N-dealkylation sites (tertiary alicyclic amines) is 1. The number of hydrogen-bond donors (Lipinski definition) is 2. The lowest BCUT2D eigenvalue weighted by Gasteiger charge is -2.32. The lowest BCUT2D eigenvalue weighted by molar-refractivity contribution is -0.135. The van der Waals surface area contributed by atoms with Gasteiger partial charge in [0, 0.05) is 13.1 Å². The lowest BCUT2D eigenvalue weighted by atomic mass is 9.75. The van der Waals surface area contributed by atoms with E-state index in [1.54, 1.807) is 0 Å². The third-order valence-electron chi connectivity index (χ3n) is 7.19. The van der Waals surface area contributed by atoms with Crippen LogP contribution in [0.5, 0.6) is 0 Å². The van der Waals surface area contributed by atoms with E-state index >= 15 is 0 Å². The van der Waals surface area contributed by atoms with Crippen molar-refractivity contribution in [3.05, 3.63) is 35.9 Å². The van der Waals surface area contributed by atoms with Crippen LogP contribution in [0, 0.1) is 0 Å². The lowest BCUT2D eigenvalue weighted by Crippen LogP contribution is -2.53. The van der Waals surface area contributed by atoms with Crippen LogP contribution in [0.15, 0.2) is 30.3 Å². The minimum absolute atomic E-state index is 0.0198. The monoisotopic (exact) mass is 457 g/mol. The zero-order valence-electron chi connectivity index (χ0n) is 20.6. The molecular weight excluding hydrogens is 417 g/mol. The summed E-state index contributed by atoms with van der Waals surface area (Å²) >= 11 is 0. The number of piperidine rings is 1. The summed E-state index contributed by atoms with van der Waals surface area (Å²) in [5.41, 5.74) is 6.42. The van der Waals surface area contributed by atoms with Crippen molar-refractivity contribution >= 4 is 18.9 Å². The second kappa shape index (κ2) is 11.0. The Kier molecular flexibility index (Phi) is 8.59. The molecule has 33 heavy (non-hydrogen) atoms. The SMILES string of the molecule is CC1(C)OB([C@H](CCCc2ccccc2)NC(=O)C(N)CC(=O)N2CCCCC2)OC1(C)C. The van der Waals surface area contributed by atoms with Crippen LogP contribution in [0.4, 0.5) is 0 Å². The Bertz CT molecular complexity index is 780. The van der Waals surface area contributed by atoms with E-state index in [-0.39, 0.29) is 24.2 Å². The molecule has 182 valence electrons. The minimum atomic E-state index is -0.890. The molecule has 1 unspecified atom stereocenters. The minimum Gasteiger partial charge on any atom is -0.402 e. The molecule has 8 heteroatoms. The van der Waals surface area contributed by atoms with E-state index in [2.05, 4.69) is 17.4 Å². The van der Waals surface area contributed by atoms with Crippen molar-refractivity contribution in [3.8, 4) is 0 Å². The second-order valence-corrected chi connectivity index (χ2v) is 10.4. The Hall–Kier alpha value is -1.90. The standard InChI is InChI=1S/C25H40BN3O4/c1-24(2)25(3,4)33-26(32-24)21(15-11-14-19-12-7-5-8-13-19)28-23(31)20(27)18-22(30)29-16-9-6-10-17-29/h5,7-8,12-13,20-21H,6,9-11,14-18,27H2,1-4H3,(H,28,31)/t20?,21-/m0/s1. The summed E-state index contributed by atoms with van der Waals surface area (Å²) in [5.74, 6) is -0.730. The number of aryl methyl sites for hydroxylation is 1. The maximum atomic E-state index is 13.0. The number of nitrogens with two attached hydrogens (primary N) is 1. The van der Waals surface area contributed by atoms with Gasteiger partial charge in [-0.05, 0) is 71.8 Å². The topological polar surface area (TPSA) is 93.9 Å². The van der Waals surface area contributed by atoms with Crippen molar-refractivity contribution in [3.63, 3.8) is 0 Å². The molecule has 0 aliphatic carbocycles. The van der Waals surface area contributed by atoms with Gasteiger partial charge in [0.05, 0.1) is 29.6 Å². The molecule has 3 rings (SSSR count). The summed E-state index contributed by atoms with van der Waals surface area (Å²) in [5, 5.41) is 3.04. The molecule has 3 N–H and O–H groups in total. The molecule has 2 atom stereocenters. The normalized spacial score (nSPS) is 21.5. The number of rotatable bonds is 9. The van der Waals surface area contributed by atoms with E-state index in [1.165, 1.54) is 5.56 Å². The molecule has 0 bridgehead atoms. The summed E-state index contributed by atoms with van der Waals surface area (Å²) in [4.78, 5) is 27.4. The Morgan fingerprint density at radius 1 is 1.06 bits per heavy atom. The predicted molar refractivity (Wildman–Crippen MR) is 130 cm³/mol. The highest BCUT2D eigenvalue weighted by molar-refractivity contribution is 6.48. The fourth-order valence-electron chi connectivity index (χ4n) is 4.34. The summed E-state index contributed by atoms with van der Waals surface area (Å²) in [6.07, 6.45) is 5.63. The zero-order chi connectivity index (χ0) is 24.1. The Labute approximate surface area is 198 Å². The zero-order valence-corrected chi connectivity index (χ0v) is 20.6. The molecule has 2 saturated heterocycles. The van der Waals surface area contributed by atoms with Crippen LogP contribution in [-0.2, 0) is 25.3 Å². The quantitative estimate of drug-likeness (QED) is 0.557. The predicted octanol–water partition coefficient (Wildman–Crippen LogP) is 2.86. The highest BCUT2D eigenvalue weighted by atomic mass is 16.7. The van der Waals surface area contributed by atoms with Crippen molar-refractivity contribution < 1.29 is 18.9 Å². The number of nitrogens with zero attached hydrogens (tertiary/aromatic N) is 1. The molecule has 2 heterocycles. The van der Waals surface area contributed by atoms with Gasteiger partial charge in [-0.15, -0.1) is 0 Å². The first-order valence-electron chi connectivity index (χ1n) is 12.3. The largest absolute Gasteiger partial charge is 0.481 e. The molecule has 0 saturated carbocycles. The van der Waals surface area contributed by atoms with Gasteiger partial charge in [0.25, 0.3) is 0 Å². The van der Waals surface area contributed by atoms with Crippen molar-refractivity contribution in [2.75, 3.05) is 13.1 Å². The fourth-order valence-corrected chi connectivity index (χ4v) is 4.34. The smallest absolute Gasteiger partial charge is 0.402 e. The van der Waals surface area contributed by atoms with Crippen molar-refractivity contribution in [1.82, 2.24) is 10.2 Å². The molecule has 1 aromatic carbocycles. The number of carbonyl (C=O) groups excluding carboxylic acids is 2. The molecule has 1 aromatic rings. The van der Waals surface area contributed by atoms with Crippen molar-refractivity contribution in [2.45, 2.75) is 95.8 Å². The Morgan fingerprint density at radius 2 is 1.67 bits per heavy atom.